The van der Waals surface area contributed by atoms with Crippen LogP contribution in [-0.2, 0) is 9.47 Å². The van der Waals surface area contributed by atoms with Gasteiger partial charge < -0.3 is 25.0 Å². The lowest BCUT2D eigenvalue weighted by Crippen LogP contribution is -2.61. The van der Waals surface area contributed by atoms with E-state index in [1.165, 1.54) is 0 Å². The molecular weight excluding hydrogens is 258 g/mol. The second-order valence-electron chi connectivity index (χ2n) is 5.51. The summed E-state index contributed by atoms with van der Waals surface area (Å²) in [6.45, 7) is 0.687. The minimum atomic E-state index is -0.292. The Hall–Kier alpha value is -0.980. The van der Waals surface area contributed by atoms with Gasteiger partial charge in [0.15, 0.2) is 0 Å². The van der Waals surface area contributed by atoms with Crippen molar-refractivity contribution in [1.82, 2.24) is 5.32 Å². The SMILES string of the molecule is OCC(COCOC1C2CC(O)C1N2)c1ccccc1. The first-order valence-corrected chi connectivity index (χ1v) is 7.09. The van der Waals surface area contributed by atoms with Crippen molar-refractivity contribution in [2.24, 2.45) is 0 Å². The van der Waals surface area contributed by atoms with Crippen LogP contribution in [0.5, 0.6) is 0 Å². The number of benzene rings is 1. The molecule has 2 saturated heterocycles. The molecule has 2 heterocycles. The fourth-order valence-electron chi connectivity index (χ4n) is 3.02. The molecule has 3 N–H and O–H groups in total. The van der Waals surface area contributed by atoms with Gasteiger partial charge in [-0.2, -0.15) is 0 Å². The lowest BCUT2D eigenvalue weighted by molar-refractivity contribution is -0.131. The molecule has 1 aromatic rings. The van der Waals surface area contributed by atoms with E-state index in [1.807, 2.05) is 30.3 Å². The Morgan fingerprint density at radius 2 is 2.10 bits per heavy atom. The molecule has 2 aliphatic heterocycles. The number of aliphatic hydroxyl groups is 2. The number of aliphatic hydroxyl groups excluding tert-OH is 2. The molecule has 0 radical (unpaired) electrons. The van der Waals surface area contributed by atoms with Gasteiger partial charge in [0, 0.05) is 12.0 Å². The number of nitrogens with one attached hydrogen (secondary N) is 1. The van der Waals surface area contributed by atoms with E-state index in [0.29, 0.717) is 6.61 Å². The summed E-state index contributed by atoms with van der Waals surface area (Å²) < 4.78 is 11.2. The topological polar surface area (TPSA) is 71.0 Å². The van der Waals surface area contributed by atoms with Crippen LogP contribution in [0.2, 0.25) is 0 Å². The molecule has 5 unspecified atom stereocenters. The summed E-state index contributed by atoms with van der Waals surface area (Å²) in [5, 5.41) is 22.3. The molecule has 4 rings (SSSR count). The average molecular weight is 279 g/mol. The van der Waals surface area contributed by atoms with Crippen LogP contribution in [0.3, 0.4) is 0 Å². The third-order valence-electron chi connectivity index (χ3n) is 4.22. The second kappa shape index (κ2) is 6.20. The van der Waals surface area contributed by atoms with Crippen LogP contribution < -0.4 is 5.32 Å². The van der Waals surface area contributed by atoms with Gasteiger partial charge in [-0.1, -0.05) is 30.3 Å². The highest BCUT2D eigenvalue weighted by molar-refractivity contribution is 5.19. The van der Waals surface area contributed by atoms with Crippen LogP contribution in [0.1, 0.15) is 17.9 Å². The maximum absolute atomic E-state index is 9.62. The first kappa shape index (κ1) is 14.0. The molecule has 20 heavy (non-hydrogen) atoms. The van der Waals surface area contributed by atoms with Crippen LogP contribution in [0.15, 0.2) is 30.3 Å². The highest BCUT2D eigenvalue weighted by atomic mass is 16.7. The summed E-state index contributed by atoms with van der Waals surface area (Å²) in [5.74, 6) is -0.0263. The van der Waals surface area contributed by atoms with Crippen LogP contribution in [0, 0.1) is 0 Å². The molecule has 0 aromatic heterocycles. The number of hydrogen-bond donors (Lipinski definition) is 3. The van der Waals surface area contributed by atoms with Crippen LogP contribution in [0.25, 0.3) is 0 Å². The van der Waals surface area contributed by atoms with Crippen molar-refractivity contribution in [3.8, 4) is 0 Å². The number of hydrogen-bond acceptors (Lipinski definition) is 5. The van der Waals surface area contributed by atoms with E-state index in [2.05, 4.69) is 5.32 Å². The number of rotatable bonds is 7. The quantitative estimate of drug-likeness (QED) is 0.492. The highest BCUT2D eigenvalue weighted by Gasteiger charge is 2.53. The Morgan fingerprint density at radius 3 is 2.70 bits per heavy atom. The number of ether oxygens (including phenoxy) is 2. The molecule has 0 spiro atoms. The smallest absolute Gasteiger partial charge is 0.147 e. The van der Waals surface area contributed by atoms with E-state index in [4.69, 9.17) is 9.47 Å². The normalized spacial score (nSPS) is 32.9. The summed E-state index contributed by atoms with van der Waals surface area (Å²) in [6, 6.07) is 10.1. The summed E-state index contributed by atoms with van der Waals surface area (Å²) in [6.07, 6.45) is 0.535. The zero-order valence-electron chi connectivity index (χ0n) is 11.3. The maximum atomic E-state index is 9.62. The first-order chi connectivity index (χ1) is 9.79. The summed E-state index contributed by atoms with van der Waals surface area (Å²) in [7, 11) is 0. The molecule has 3 fully saturated rings. The van der Waals surface area contributed by atoms with Crippen molar-refractivity contribution in [3.63, 3.8) is 0 Å². The van der Waals surface area contributed by atoms with Gasteiger partial charge in [0.2, 0.25) is 0 Å². The zero-order valence-corrected chi connectivity index (χ0v) is 11.3. The van der Waals surface area contributed by atoms with E-state index >= 15 is 0 Å². The molecule has 5 heteroatoms. The third-order valence-corrected chi connectivity index (χ3v) is 4.22. The zero-order chi connectivity index (χ0) is 13.9. The molecule has 110 valence electrons. The van der Waals surface area contributed by atoms with Crippen molar-refractivity contribution in [2.75, 3.05) is 20.0 Å². The fraction of sp³-hybridized carbons (Fsp3) is 0.600. The Kier molecular flexibility index (Phi) is 4.33. The Labute approximate surface area is 118 Å². The van der Waals surface area contributed by atoms with Gasteiger partial charge in [0.1, 0.15) is 6.79 Å². The summed E-state index contributed by atoms with van der Waals surface area (Å²) in [5.41, 5.74) is 1.07. The van der Waals surface area contributed by atoms with Gasteiger partial charge >= 0.3 is 0 Å². The van der Waals surface area contributed by atoms with Gasteiger partial charge in [0.25, 0.3) is 0 Å². The molecule has 1 saturated carbocycles. The van der Waals surface area contributed by atoms with Crippen molar-refractivity contribution in [2.45, 2.75) is 36.6 Å². The maximum Gasteiger partial charge on any atom is 0.147 e. The molecule has 5 nitrogen and oxygen atoms in total. The average Bonchev–Trinajstić information content (AvgIpc) is 2.99. The molecule has 1 aliphatic carbocycles. The minimum Gasteiger partial charge on any atom is -0.396 e. The standard InChI is InChI=1S/C15H21NO4/c17-7-11(10-4-2-1-3-5-10)8-19-9-20-15-12-6-13(18)14(15)16-12/h1-5,11-18H,6-9H2. The van der Waals surface area contributed by atoms with Crippen LogP contribution >= 0.6 is 0 Å². The van der Waals surface area contributed by atoms with E-state index in [-0.39, 0.29) is 43.6 Å². The van der Waals surface area contributed by atoms with Crippen molar-refractivity contribution >= 4 is 0 Å². The van der Waals surface area contributed by atoms with E-state index < -0.39 is 0 Å². The fourth-order valence-corrected chi connectivity index (χ4v) is 3.02. The van der Waals surface area contributed by atoms with Crippen molar-refractivity contribution in [1.29, 1.82) is 0 Å². The van der Waals surface area contributed by atoms with Crippen LogP contribution in [0.4, 0.5) is 0 Å². The molecule has 3 aliphatic rings. The molecule has 0 amide bonds. The van der Waals surface area contributed by atoms with Crippen molar-refractivity contribution < 1.29 is 19.7 Å². The molecule has 5 atom stereocenters. The van der Waals surface area contributed by atoms with Crippen molar-refractivity contribution in [3.05, 3.63) is 35.9 Å². The Bertz CT molecular complexity index is 427. The molecule has 2 bridgehead atoms. The van der Waals surface area contributed by atoms with E-state index in [9.17, 15) is 10.2 Å². The molecule has 1 aromatic carbocycles. The third kappa shape index (κ3) is 2.73. The molecular formula is C15H21NO4. The number of fused-ring (bicyclic) bond motifs is 1. The van der Waals surface area contributed by atoms with Gasteiger partial charge in [-0.25, -0.2) is 0 Å². The van der Waals surface area contributed by atoms with Crippen LogP contribution in [-0.4, -0.2) is 54.5 Å². The second-order valence-corrected chi connectivity index (χ2v) is 5.51. The van der Waals surface area contributed by atoms with Gasteiger partial charge in [-0.15, -0.1) is 0 Å². The lowest BCUT2D eigenvalue weighted by atomic mass is 10.0. The Morgan fingerprint density at radius 1 is 1.30 bits per heavy atom. The predicted molar refractivity (Wildman–Crippen MR) is 73.3 cm³/mol. The van der Waals surface area contributed by atoms with Gasteiger partial charge in [0.05, 0.1) is 31.5 Å². The largest absolute Gasteiger partial charge is 0.396 e. The first-order valence-electron chi connectivity index (χ1n) is 7.09. The monoisotopic (exact) mass is 279 g/mol. The van der Waals surface area contributed by atoms with Gasteiger partial charge in [-0.3, -0.25) is 0 Å². The predicted octanol–water partition coefficient (Wildman–Crippen LogP) is 0.227. The highest BCUT2D eigenvalue weighted by Crippen LogP contribution is 2.33. The van der Waals surface area contributed by atoms with E-state index in [1.54, 1.807) is 0 Å². The Balaban J connectivity index is 1.39. The summed E-state index contributed by atoms with van der Waals surface area (Å²) in [4.78, 5) is 0. The lowest BCUT2D eigenvalue weighted by Gasteiger charge is -2.37. The van der Waals surface area contributed by atoms with E-state index in [0.717, 1.165) is 12.0 Å². The summed E-state index contributed by atoms with van der Waals surface area (Å²) >= 11 is 0. The van der Waals surface area contributed by atoms with Gasteiger partial charge in [-0.05, 0) is 12.0 Å². The minimum absolute atomic E-state index is 0.0263.